The van der Waals surface area contributed by atoms with E-state index in [4.69, 9.17) is 5.11 Å². The molecule has 0 bridgehead atoms. The molecular weight excluding hydrogens is 303 g/mol. The first-order valence-corrected chi connectivity index (χ1v) is 9.15. The predicted octanol–water partition coefficient (Wildman–Crippen LogP) is 3.63. The molecule has 0 heterocycles. The van der Waals surface area contributed by atoms with E-state index in [-0.39, 0.29) is 36.0 Å². The summed E-state index contributed by atoms with van der Waals surface area (Å²) in [5.41, 5.74) is 0. The summed E-state index contributed by atoms with van der Waals surface area (Å²) < 4.78 is 0. The van der Waals surface area contributed by atoms with Crippen molar-refractivity contribution in [3.8, 4) is 0 Å². The van der Waals surface area contributed by atoms with Crippen molar-refractivity contribution in [1.82, 2.24) is 0 Å². The van der Waals surface area contributed by atoms with E-state index in [2.05, 4.69) is 6.92 Å². The maximum atomic E-state index is 10.4. The molecule has 2 unspecified atom stereocenters. The monoisotopic (exact) mass is 340 g/mol. The molecule has 0 amide bonds. The average Bonchev–Trinajstić information content (AvgIpc) is 2.49. The van der Waals surface area contributed by atoms with Crippen molar-refractivity contribution in [3.05, 3.63) is 0 Å². The number of hydrogen-bond acceptors (Lipinski definition) is 3. The van der Waals surface area contributed by atoms with Gasteiger partial charge in [-0.25, -0.2) is 0 Å². The Hall–Kier alpha value is 0.390. The van der Waals surface area contributed by atoms with E-state index < -0.39 is 18.2 Å². The first-order chi connectivity index (χ1) is 10.6. The molecule has 0 aliphatic carbocycles. The summed E-state index contributed by atoms with van der Waals surface area (Å²) in [4.78, 5) is 10.4. The van der Waals surface area contributed by atoms with Gasteiger partial charge in [-0.15, -0.1) is 0 Å². The summed E-state index contributed by atoms with van der Waals surface area (Å²) in [6.45, 7) is 2.20. The van der Waals surface area contributed by atoms with Crippen LogP contribution in [0.15, 0.2) is 0 Å². The third-order valence-electron chi connectivity index (χ3n) is 4.19. The molecule has 0 rings (SSSR count). The van der Waals surface area contributed by atoms with Crippen LogP contribution in [-0.4, -0.2) is 63.1 Å². The quantitative estimate of drug-likeness (QED) is 0.296. The predicted molar refractivity (Wildman–Crippen MR) is 97.1 cm³/mol. The number of aliphatic hydroxyl groups is 2. The second-order valence-electron chi connectivity index (χ2n) is 6.39. The second kappa shape index (κ2) is 18.7. The minimum atomic E-state index is -0.728. The van der Waals surface area contributed by atoms with Gasteiger partial charge in [0.2, 0.25) is 0 Å². The Kier molecular flexibility index (Phi) is 20.9. The molecule has 23 heavy (non-hydrogen) atoms. The number of rotatable bonds is 16. The summed E-state index contributed by atoms with van der Waals surface area (Å²) in [5, 5.41) is 28.3. The van der Waals surface area contributed by atoms with Crippen LogP contribution >= 0.6 is 0 Å². The van der Waals surface area contributed by atoms with Crippen molar-refractivity contribution >= 4 is 35.5 Å². The topological polar surface area (TPSA) is 77.8 Å². The average molecular weight is 340 g/mol. The Balaban J connectivity index is 0. The Morgan fingerprint density at radius 3 is 1.57 bits per heavy atom. The van der Waals surface area contributed by atoms with Gasteiger partial charge in [0.25, 0.3) is 0 Å². The van der Waals surface area contributed by atoms with Crippen molar-refractivity contribution in [2.24, 2.45) is 0 Å². The van der Waals surface area contributed by atoms with Crippen LogP contribution in [0.1, 0.15) is 96.8 Å². The van der Waals surface area contributed by atoms with E-state index in [0.29, 0.717) is 12.8 Å². The number of aliphatic carboxylic acids is 1. The zero-order chi connectivity index (χ0) is 16.6. The summed E-state index contributed by atoms with van der Waals surface area (Å²) >= 11 is 0. The normalized spacial score (nSPS) is 13.3. The van der Waals surface area contributed by atoms with Crippen LogP contribution in [0.5, 0.6) is 0 Å². The van der Waals surface area contributed by atoms with E-state index in [9.17, 15) is 15.0 Å². The van der Waals surface area contributed by atoms with Gasteiger partial charge in [-0.2, -0.15) is 0 Å². The summed E-state index contributed by atoms with van der Waals surface area (Å²) in [5.74, 6) is -0.728. The minimum absolute atomic E-state index is 0. The molecule has 4 nitrogen and oxygen atoms in total. The molecule has 0 saturated carbocycles. The van der Waals surface area contributed by atoms with Gasteiger partial charge in [0.15, 0.2) is 0 Å². The van der Waals surface area contributed by atoms with E-state index in [1.165, 1.54) is 25.7 Å². The number of aliphatic hydroxyl groups excluding tert-OH is 2. The zero-order valence-corrected chi connectivity index (χ0v) is 14.3. The van der Waals surface area contributed by atoms with E-state index >= 15 is 0 Å². The van der Waals surface area contributed by atoms with Crippen LogP contribution in [0.25, 0.3) is 0 Å². The number of hydrogen-bond donors (Lipinski definition) is 3. The maximum absolute atomic E-state index is 10.4. The van der Waals surface area contributed by atoms with Gasteiger partial charge < -0.3 is 15.3 Å². The van der Waals surface area contributed by atoms with Crippen molar-refractivity contribution in [2.45, 2.75) is 109 Å². The van der Waals surface area contributed by atoms with Gasteiger partial charge in [0.1, 0.15) is 0 Å². The number of carboxylic acid groups (broad SMARTS) is 1. The fourth-order valence-corrected chi connectivity index (χ4v) is 2.68. The summed E-state index contributed by atoms with van der Waals surface area (Å²) in [7, 11) is 0. The molecular formula is C18H37NaO4. The van der Waals surface area contributed by atoms with Crippen molar-refractivity contribution in [2.75, 3.05) is 0 Å². The molecule has 0 aromatic carbocycles. The Morgan fingerprint density at radius 2 is 1.13 bits per heavy atom. The van der Waals surface area contributed by atoms with Gasteiger partial charge in [-0.3, -0.25) is 4.79 Å². The standard InChI is InChI=1S/C18H36O4.Na.H/c1-2-3-4-5-7-10-13-16(19)17(20)14-11-8-6-9-12-15-18(21)22;;/h16-17,19-20H,2-15H2,1H3,(H,21,22);;. The van der Waals surface area contributed by atoms with Gasteiger partial charge in [0.05, 0.1) is 12.2 Å². The molecule has 2 atom stereocenters. The van der Waals surface area contributed by atoms with Gasteiger partial charge in [0, 0.05) is 6.42 Å². The van der Waals surface area contributed by atoms with Crippen LogP contribution in [0.2, 0.25) is 0 Å². The number of carbonyl (C=O) groups is 1. The number of unbranched alkanes of at least 4 members (excludes halogenated alkanes) is 9. The van der Waals surface area contributed by atoms with Gasteiger partial charge >= 0.3 is 35.5 Å². The van der Waals surface area contributed by atoms with E-state index in [1.807, 2.05) is 0 Å². The molecule has 0 saturated heterocycles. The molecule has 0 radical (unpaired) electrons. The van der Waals surface area contributed by atoms with Gasteiger partial charge in [-0.1, -0.05) is 71.1 Å². The summed E-state index contributed by atoms with van der Waals surface area (Å²) in [6.07, 6.45) is 12.2. The third kappa shape index (κ3) is 18.6. The molecule has 5 heteroatoms. The second-order valence-corrected chi connectivity index (χ2v) is 6.39. The van der Waals surface area contributed by atoms with Crippen LogP contribution in [0, 0.1) is 0 Å². The van der Waals surface area contributed by atoms with Crippen LogP contribution < -0.4 is 0 Å². The van der Waals surface area contributed by atoms with E-state index in [0.717, 1.165) is 44.9 Å². The fourth-order valence-electron chi connectivity index (χ4n) is 2.68. The molecule has 0 aromatic heterocycles. The molecule has 0 spiro atoms. The third-order valence-corrected chi connectivity index (χ3v) is 4.19. The molecule has 3 N–H and O–H groups in total. The molecule has 134 valence electrons. The fraction of sp³-hybridized carbons (Fsp3) is 0.944. The van der Waals surface area contributed by atoms with Crippen molar-refractivity contribution < 1.29 is 20.1 Å². The van der Waals surface area contributed by atoms with Crippen LogP contribution in [0.4, 0.5) is 0 Å². The van der Waals surface area contributed by atoms with E-state index in [1.54, 1.807) is 0 Å². The van der Waals surface area contributed by atoms with Gasteiger partial charge in [-0.05, 0) is 19.3 Å². The van der Waals surface area contributed by atoms with Crippen LogP contribution in [-0.2, 0) is 4.79 Å². The van der Waals surface area contributed by atoms with Crippen molar-refractivity contribution in [3.63, 3.8) is 0 Å². The first-order valence-electron chi connectivity index (χ1n) is 9.15. The van der Waals surface area contributed by atoms with Crippen LogP contribution in [0.3, 0.4) is 0 Å². The van der Waals surface area contributed by atoms with Crippen molar-refractivity contribution in [1.29, 1.82) is 0 Å². The Labute approximate surface area is 164 Å². The SMILES string of the molecule is CCCCCCCCC(O)C(O)CCCCCCCC(=O)O.[NaH]. The first kappa shape index (κ1) is 25.6. The molecule has 0 fully saturated rings. The molecule has 0 aliphatic rings. The molecule has 0 aromatic rings. The summed E-state index contributed by atoms with van der Waals surface area (Å²) in [6, 6.07) is 0. The zero-order valence-electron chi connectivity index (χ0n) is 14.3. The number of carboxylic acids is 1. The Bertz CT molecular complexity index is 261. The molecule has 0 aliphatic heterocycles. The Morgan fingerprint density at radius 1 is 0.739 bits per heavy atom.